The summed E-state index contributed by atoms with van der Waals surface area (Å²) in [6.07, 6.45) is 0. The highest BCUT2D eigenvalue weighted by Gasteiger charge is 2.43. The maximum Gasteiger partial charge on any atom is 0.379 e. The van der Waals surface area contributed by atoms with Gasteiger partial charge in [0, 0.05) is 0 Å². The average Bonchev–Trinajstić information content (AvgIpc) is 2.43. The number of allylic oxidation sites excluding steroid dienone is 1. The van der Waals surface area contributed by atoms with Gasteiger partial charge in [0.25, 0.3) is 5.78 Å². The van der Waals surface area contributed by atoms with Gasteiger partial charge in [-0.05, 0) is 13.8 Å². The molecule has 16 heavy (non-hydrogen) atoms. The van der Waals surface area contributed by atoms with E-state index in [4.69, 9.17) is 0 Å². The minimum absolute atomic E-state index is 0.0314. The molecule has 1 N–H and O–H groups in total. The number of ether oxygens (including phenoxy) is 1. The van der Waals surface area contributed by atoms with E-state index in [0.29, 0.717) is 0 Å². The van der Waals surface area contributed by atoms with Crippen LogP contribution in [0.4, 0.5) is 0 Å². The molecule has 0 aromatic rings. The molecule has 1 aliphatic carbocycles. The van der Waals surface area contributed by atoms with E-state index in [0.717, 1.165) is 0 Å². The van der Waals surface area contributed by atoms with Gasteiger partial charge in [-0.2, -0.15) is 0 Å². The number of aliphatic hydroxyl groups is 1. The zero-order valence-electron chi connectivity index (χ0n) is 8.77. The molecule has 1 rings (SSSR count). The number of hydrogen-bond donors (Lipinski definition) is 1. The van der Waals surface area contributed by atoms with Crippen molar-refractivity contribution in [1.29, 1.82) is 0 Å². The number of Topliss-reactive ketones (excluding diaryl/α,β-unsaturated/α-hetero) is 3. The topological polar surface area (TPSA) is 97.7 Å². The number of ketones is 3. The lowest BCUT2D eigenvalue weighted by Gasteiger charge is -2.00. The lowest BCUT2D eigenvalue weighted by Crippen LogP contribution is -2.24. The average molecular weight is 226 g/mol. The van der Waals surface area contributed by atoms with Crippen molar-refractivity contribution in [2.45, 2.75) is 13.8 Å². The van der Waals surface area contributed by atoms with Crippen LogP contribution in [0.3, 0.4) is 0 Å². The largest absolute Gasteiger partial charge is 0.504 e. The van der Waals surface area contributed by atoms with Crippen LogP contribution in [0.15, 0.2) is 11.3 Å². The molecule has 0 aliphatic heterocycles. The van der Waals surface area contributed by atoms with Crippen LogP contribution < -0.4 is 0 Å². The summed E-state index contributed by atoms with van der Waals surface area (Å²) in [5.41, 5.74) is -0.768. The molecule has 0 amide bonds. The molecule has 86 valence electrons. The highest BCUT2D eigenvalue weighted by molar-refractivity contribution is 6.51. The Hall–Kier alpha value is -1.98. The molecule has 0 radical (unpaired) electrons. The summed E-state index contributed by atoms with van der Waals surface area (Å²) < 4.78 is 4.39. The number of carbonyl (C=O) groups is 4. The van der Waals surface area contributed by atoms with Crippen LogP contribution in [0, 0.1) is 5.92 Å². The molecule has 1 aliphatic rings. The molecular formula is C10H10O6. The van der Waals surface area contributed by atoms with E-state index in [1.807, 2.05) is 0 Å². The van der Waals surface area contributed by atoms with Crippen LogP contribution in [-0.2, 0) is 23.9 Å². The van der Waals surface area contributed by atoms with Gasteiger partial charge in [-0.3, -0.25) is 14.4 Å². The van der Waals surface area contributed by atoms with E-state index in [1.54, 1.807) is 0 Å². The van der Waals surface area contributed by atoms with Crippen LogP contribution in [0.2, 0.25) is 0 Å². The SMILES string of the molecule is CCOC(=O)C(=O)C1=C(O)C(=O)C(C)C1=O. The van der Waals surface area contributed by atoms with E-state index in [1.165, 1.54) is 13.8 Å². The van der Waals surface area contributed by atoms with E-state index in [-0.39, 0.29) is 6.61 Å². The zero-order valence-corrected chi connectivity index (χ0v) is 8.77. The van der Waals surface area contributed by atoms with Crippen LogP contribution >= 0.6 is 0 Å². The monoisotopic (exact) mass is 226 g/mol. The van der Waals surface area contributed by atoms with Crippen LogP contribution in [-0.4, -0.2) is 35.0 Å². The molecule has 1 atom stereocenters. The fourth-order valence-electron chi connectivity index (χ4n) is 1.30. The van der Waals surface area contributed by atoms with E-state index >= 15 is 0 Å². The predicted octanol–water partition coefficient (Wildman–Crippen LogP) is -0.281. The molecule has 0 bridgehead atoms. The first-order valence-electron chi connectivity index (χ1n) is 4.64. The van der Waals surface area contributed by atoms with Gasteiger partial charge in [-0.25, -0.2) is 4.79 Å². The second kappa shape index (κ2) is 4.26. The van der Waals surface area contributed by atoms with Crippen molar-refractivity contribution < 1.29 is 29.0 Å². The number of carbonyl (C=O) groups excluding carboxylic acids is 4. The van der Waals surface area contributed by atoms with Crippen LogP contribution in [0.25, 0.3) is 0 Å². The maximum absolute atomic E-state index is 11.4. The van der Waals surface area contributed by atoms with Gasteiger partial charge >= 0.3 is 5.97 Å². The summed E-state index contributed by atoms with van der Waals surface area (Å²) in [6.45, 7) is 2.71. The quantitative estimate of drug-likeness (QED) is 0.307. The highest BCUT2D eigenvalue weighted by Crippen LogP contribution is 2.23. The third-order valence-electron chi connectivity index (χ3n) is 2.19. The minimum Gasteiger partial charge on any atom is -0.504 e. The highest BCUT2D eigenvalue weighted by atomic mass is 16.5. The van der Waals surface area contributed by atoms with Gasteiger partial charge in [-0.1, -0.05) is 0 Å². The van der Waals surface area contributed by atoms with Crippen molar-refractivity contribution in [2.24, 2.45) is 5.92 Å². The minimum atomic E-state index is -1.28. The first kappa shape index (κ1) is 12.1. The standard InChI is InChI=1S/C10H10O6/c1-3-16-10(15)9(14)5-6(11)4(2)7(12)8(5)13/h4,13H,3H2,1-2H3. The van der Waals surface area contributed by atoms with Gasteiger partial charge in [-0.15, -0.1) is 0 Å². The van der Waals surface area contributed by atoms with Crippen molar-refractivity contribution in [3.05, 3.63) is 11.3 Å². The van der Waals surface area contributed by atoms with E-state index in [9.17, 15) is 24.3 Å². The van der Waals surface area contributed by atoms with E-state index < -0.39 is 40.6 Å². The summed E-state index contributed by atoms with van der Waals surface area (Å²) in [7, 11) is 0. The normalized spacial score (nSPS) is 20.2. The van der Waals surface area contributed by atoms with Gasteiger partial charge in [0.2, 0.25) is 5.78 Å². The molecule has 0 aromatic heterocycles. The van der Waals surface area contributed by atoms with Crippen LogP contribution in [0.5, 0.6) is 0 Å². The Balaban J connectivity index is 3.05. The van der Waals surface area contributed by atoms with E-state index in [2.05, 4.69) is 4.74 Å². The molecule has 0 saturated carbocycles. The summed E-state index contributed by atoms with van der Waals surface area (Å²) in [6, 6.07) is 0. The maximum atomic E-state index is 11.4. The van der Waals surface area contributed by atoms with Crippen molar-refractivity contribution in [1.82, 2.24) is 0 Å². The molecule has 0 saturated heterocycles. The Morgan fingerprint density at radius 1 is 1.31 bits per heavy atom. The fraction of sp³-hybridized carbons (Fsp3) is 0.400. The van der Waals surface area contributed by atoms with Gasteiger partial charge in [0.05, 0.1) is 12.5 Å². The van der Waals surface area contributed by atoms with Gasteiger partial charge < -0.3 is 9.84 Å². The lowest BCUT2D eigenvalue weighted by molar-refractivity contribution is -0.152. The molecule has 1 unspecified atom stereocenters. The smallest absolute Gasteiger partial charge is 0.379 e. The second-order valence-corrected chi connectivity index (χ2v) is 3.22. The molecule has 0 fully saturated rings. The third-order valence-corrected chi connectivity index (χ3v) is 2.19. The van der Waals surface area contributed by atoms with Gasteiger partial charge in [0.15, 0.2) is 11.5 Å². The molecular weight excluding hydrogens is 216 g/mol. The Morgan fingerprint density at radius 2 is 1.88 bits per heavy atom. The molecule has 6 heteroatoms. The molecule has 0 spiro atoms. The fourth-order valence-corrected chi connectivity index (χ4v) is 1.30. The zero-order chi connectivity index (χ0) is 12.5. The van der Waals surface area contributed by atoms with Crippen molar-refractivity contribution in [3.63, 3.8) is 0 Å². The first-order valence-corrected chi connectivity index (χ1v) is 4.64. The summed E-state index contributed by atoms with van der Waals surface area (Å²) in [5.74, 6) is -6.29. The Bertz CT molecular complexity index is 417. The number of hydrogen-bond acceptors (Lipinski definition) is 6. The first-order chi connectivity index (χ1) is 7.41. The molecule has 0 heterocycles. The number of aliphatic hydroxyl groups excluding tert-OH is 1. The van der Waals surface area contributed by atoms with Crippen molar-refractivity contribution in [3.8, 4) is 0 Å². The summed E-state index contributed by atoms with van der Waals surface area (Å²) in [4.78, 5) is 45.0. The summed E-state index contributed by atoms with van der Waals surface area (Å²) in [5, 5.41) is 9.27. The number of rotatable bonds is 3. The molecule has 6 nitrogen and oxygen atoms in total. The predicted molar refractivity (Wildman–Crippen MR) is 50.5 cm³/mol. The molecule has 0 aromatic carbocycles. The Kier molecular flexibility index (Phi) is 3.22. The third kappa shape index (κ3) is 1.73. The van der Waals surface area contributed by atoms with Crippen molar-refractivity contribution in [2.75, 3.05) is 6.61 Å². The lowest BCUT2D eigenvalue weighted by atomic mass is 10.0. The number of esters is 1. The summed E-state index contributed by atoms with van der Waals surface area (Å²) >= 11 is 0. The Morgan fingerprint density at radius 3 is 2.25 bits per heavy atom. The second-order valence-electron chi connectivity index (χ2n) is 3.22. The van der Waals surface area contributed by atoms with Gasteiger partial charge in [0.1, 0.15) is 5.57 Å². The van der Waals surface area contributed by atoms with Crippen molar-refractivity contribution >= 4 is 23.3 Å². The van der Waals surface area contributed by atoms with Crippen LogP contribution in [0.1, 0.15) is 13.8 Å². The Labute approximate surface area is 90.9 Å².